The van der Waals surface area contributed by atoms with E-state index in [1.54, 1.807) is 31.4 Å². The average Bonchev–Trinajstić information content (AvgIpc) is 2.24. The summed E-state index contributed by atoms with van der Waals surface area (Å²) in [5, 5.41) is 1.48. The molecule has 0 aliphatic rings. The zero-order chi connectivity index (χ0) is 12.0. The fraction of sp³-hybridized carbons (Fsp3) is 0.500. The van der Waals surface area contributed by atoms with Crippen molar-refractivity contribution < 1.29 is 13.2 Å². The number of hydrogen-bond donors (Lipinski definition) is 1. The van der Waals surface area contributed by atoms with Gasteiger partial charge in [0.15, 0.2) is 0 Å². The van der Waals surface area contributed by atoms with Gasteiger partial charge in [0.1, 0.15) is 0 Å². The molecule has 0 spiro atoms. The van der Waals surface area contributed by atoms with Crippen LogP contribution in [-0.2, 0) is 6.54 Å². The van der Waals surface area contributed by atoms with Crippen LogP contribution >= 0.6 is 0 Å². The average molecular weight is 233 g/mol. The second-order valence-electron chi connectivity index (χ2n) is 3.33. The molecule has 0 aliphatic carbocycles. The molecule has 1 aromatic heterocycles. The smallest absolute Gasteiger partial charge is 0.260 e. The molecule has 90 valence electrons. The van der Waals surface area contributed by atoms with Crippen molar-refractivity contribution in [3.63, 3.8) is 0 Å². The summed E-state index contributed by atoms with van der Waals surface area (Å²) in [6, 6.07) is 5.35. The van der Waals surface area contributed by atoms with Crippen LogP contribution in [0.4, 0.5) is 13.2 Å². The molecule has 0 bridgehead atoms. The van der Waals surface area contributed by atoms with Crippen molar-refractivity contribution >= 4 is 0 Å². The molecule has 1 rings (SSSR count). The monoisotopic (exact) mass is 233 g/mol. The number of nitrogens with one attached hydrogen (secondary N) is 1. The van der Waals surface area contributed by atoms with E-state index in [2.05, 4.69) is 10.4 Å². The van der Waals surface area contributed by atoms with Gasteiger partial charge >= 0.3 is 6.18 Å². The molecular weight excluding hydrogens is 219 g/mol. The molecule has 0 saturated heterocycles. The van der Waals surface area contributed by atoms with Gasteiger partial charge in [0.25, 0.3) is 0 Å². The van der Waals surface area contributed by atoms with Gasteiger partial charge in [-0.15, -0.1) is 0 Å². The number of pyridine rings is 1. The number of aromatic nitrogens is 1. The number of hydrogen-bond acceptors (Lipinski definition) is 3. The molecule has 0 atom stereocenters. The Morgan fingerprint density at radius 3 is 2.62 bits per heavy atom. The highest BCUT2D eigenvalue weighted by Gasteiger charge is 2.27. The van der Waals surface area contributed by atoms with Crippen molar-refractivity contribution in [2.45, 2.75) is 19.1 Å². The Balaban J connectivity index is 2.44. The first-order chi connectivity index (χ1) is 7.51. The van der Waals surface area contributed by atoms with Gasteiger partial charge in [-0.3, -0.25) is 10.4 Å². The number of hydrazine groups is 1. The molecule has 1 aromatic rings. The van der Waals surface area contributed by atoms with Crippen molar-refractivity contribution in [3.8, 4) is 0 Å². The summed E-state index contributed by atoms with van der Waals surface area (Å²) >= 11 is 0. The SMILES string of the molecule is CNN(CCC(F)(F)F)Cc1ccccn1. The first-order valence-corrected chi connectivity index (χ1v) is 4.90. The molecule has 0 radical (unpaired) electrons. The van der Waals surface area contributed by atoms with Crippen molar-refractivity contribution in [1.82, 2.24) is 15.4 Å². The van der Waals surface area contributed by atoms with E-state index in [0.717, 1.165) is 5.69 Å². The van der Waals surface area contributed by atoms with Crippen LogP contribution in [0.15, 0.2) is 24.4 Å². The lowest BCUT2D eigenvalue weighted by atomic mass is 10.3. The third-order valence-corrected chi connectivity index (χ3v) is 2.06. The lowest BCUT2D eigenvalue weighted by molar-refractivity contribution is -0.139. The predicted octanol–water partition coefficient (Wildman–Crippen LogP) is 1.97. The molecule has 0 amide bonds. The Morgan fingerprint density at radius 2 is 2.12 bits per heavy atom. The highest BCUT2D eigenvalue weighted by Crippen LogP contribution is 2.19. The maximum absolute atomic E-state index is 12.0. The van der Waals surface area contributed by atoms with Crippen molar-refractivity contribution in [3.05, 3.63) is 30.1 Å². The Bertz CT molecular complexity index is 300. The van der Waals surface area contributed by atoms with Crippen LogP contribution in [0.25, 0.3) is 0 Å². The quantitative estimate of drug-likeness (QED) is 0.788. The van der Waals surface area contributed by atoms with Gasteiger partial charge in [-0.25, -0.2) is 5.01 Å². The van der Waals surface area contributed by atoms with Gasteiger partial charge in [-0.2, -0.15) is 13.2 Å². The van der Waals surface area contributed by atoms with E-state index in [9.17, 15) is 13.2 Å². The molecule has 1 heterocycles. The van der Waals surface area contributed by atoms with E-state index in [-0.39, 0.29) is 6.54 Å². The minimum absolute atomic E-state index is 0.0867. The highest BCUT2D eigenvalue weighted by atomic mass is 19.4. The van der Waals surface area contributed by atoms with E-state index in [1.165, 1.54) is 5.01 Å². The first kappa shape index (κ1) is 12.9. The Hall–Kier alpha value is -1.14. The topological polar surface area (TPSA) is 28.2 Å². The van der Waals surface area contributed by atoms with Crippen LogP contribution < -0.4 is 5.43 Å². The zero-order valence-corrected chi connectivity index (χ0v) is 8.96. The van der Waals surface area contributed by atoms with Crippen LogP contribution in [0.1, 0.15) is 12.1 Å². The second-order valence-corrected chi connectivity index (χ2v) is 3.33. The largest absolute Gasteiger partial charge is 0.390 e. The van der Waals surface area contributed by atoms with Crippen LogP contribution in [0.3, 0.4) is 0 Å². The summed E-state index contributed by atoms with van der Waals surface area (Å²) in [6.07, 6.45) is -3.34. The minimum atomic E-state index is -4.13. The summed E-state index contributed by atoms with van der Waals surface area (Å²) in [5.74, 6) is 0. The van der Waals surface area contributed by atoms with Gasteiger partial charge in [0, 0.05) is 12.7 Å². The molecule has 6 heteroatoms. The van der Waals surface area contributed by atoms with Crippen LogP contribution in [-0.4, -0.2) is 29.8 Å². The molecule has 0 aromatic carbocycles. The van der Waals surface area contributed by atoms with Gasteiger partial charge in [0.2, 0.25) is 0 Å². The second kappa shape index (κ2) is 5.81. The third-order valence-electron chi connectivity index (χ3n) is 2.06. The maximum Gasteiger partial charge on any atom is 0.390 e. The van der Waals surface area contributed by atoms with Gasteiger partial charge in [-0.05, 0) is 19.2 Å². The molecule has 0 unspecified atom stereocenters. The molecule has 0 aliphatic heterocycles. The minimum Gasteiger partial charge on any atom is -0.260 e. The predicted molar refractivity (Wildman–Crippen MR) is 54.4 cm³/mol. The van der Waals surface area contributed by atoms with E-state index < -0.39 is 12.6 Å². The van der Waals surface area contributed by atoms with E-state index in [0.29, 0.717) is 6.54 Å². The van der Waals surface area contributed by atoms with Crippen LogP contribution in [0.5, 0.6) is 0 Å². The highest BCUT2D eigenvalue weighted by molar-refractivity contribution is 5.02. The normalized spacial score (nSPS) is 12.1. The number of rotatable bonds is 5. The molecule has 1 N–H and O–H groups in total. The zero-order valence-electron chi connectivity index (χ0n) is 8.96. The maximum atomic E-state index is 12.0. The van der Waals surface area contributed by atoms with Gasteiger partial charge in [-0.1, -0.05) is 6.07 Å². The van der Waals surface area contributed by atoms with E-state index in [4.69, 9.17) is 0 Å². The summed E-state index contributed by atoms with van der Waals surface area (Å²) in [6.45, 7) is 0.268. The fourth-order valence-corrected chi connectivity index (χ4v) is 1.22. The van der Waals surface area contributed by atoms with E-state index in [1.807, 2.05) is 0 Å². The molecule has 3 nitrogen and oxygen atoms in total. The summed E-state index contributed by atoms with van der Waals surface area (Å²) < 4.78 is 36.1. The Morgan fingerprint density at radius 1 is 1.38 bits per heavy atom. The van der Waals surface area contributed by atoms with Crippen LogP contribution in [0.2, 0.25) is 0 Å². The van der Waals surface area contributed by atoms with E-state index >= 15 is 0 Å². The molecule has 0 fully saturated rings. The lowest BCUT2D eigenvalue weighted by Gasteiger charge is -2.21. The van der Waals surface area contributed by atoms with Gasteiger partial charge in [0.05, 0.1) is 18.7 Å². The molecule has 16 heavy (non-hydrogen) atoms. The third kappa shape index (κ3) is 5.09. The summed E-state index contributed by atoms with van der Waals surface area (Å²) in [5.41, 5.74) is 3.45. The van der Waals surface area contributed by atoms with Crippen molar-refractivity contribution in [1.29, 1.82) is 0 Å². The Kier molecular flexibility index (Phi) is 4.70. The number of alkyl halides is 3. The Labute approximate surface area is 92.3 Å². The molecular formula is C10H14F3N3. The van der Waals surface area contributed by atoms with Gasteiger partial charge < -0.3 is 0 Å². The molecule has 0 saturated carbocycles. The van der Waals surface area contributed by atoms with Crippen molar-refractivity contribution in [2.24, 2.45) is 0 Å². The summed E-state index contributed by atoms with van der Waals surface area (Å²) in [4.78, 5) is 4.05. The number of halogens is 3. The lowest BCUT2D eigenvalue weighted by Crippen LogP contribution is -2.37. The fourth-order valence-electron chi connectivity index (χ4n) is 1.22. The standard InChI is InChI=1S/C10H14F3N3/c1-14-16(7-5-10(11,12)13)8-9-4-2-3-6-15-9/h2-4,6,14H,5,7-8H2,1H3. The van der Waals surface area contributed by atoms with Crippen molar-refractivity contribution in [2.75, 3.05) is 13.6 Å². The summed E-state index contributed by atoms with van der Waals surface area (Å²) in [7, 11) is 1.60. The first-order valence-electron chi connectivity index (χ1n) is 4.90. The van der Waals surface area contributed by atoms with Crippen LogP contribution in [0, 0.1) is 0 Å². The number of nitrogens with zero attached hydrogens (tertiary/aromatic N) is 2.